The summed E-state index contributed by atoms with van der Waals surface area (Å²) >= 11 is 1.37. The highest BCUT2D eigenvalue weighted by molar-refractivity contribution is 7.93. The van der Waals surface area contributed by atoms with E-state index >= 15 is 0 Å². The predicted molar refractivity (Wildman–Crippen MR) is 97.5 cm³/mol. The molecular formula is C17H19N3O3S2. The molecular weight excluding hydrogens is 358 g/mol. The van der Waals surface area contributed by atoms with Crippen LogP contribution < -0.4 is 4.31 Å². The van der Waals surface area contributed by atoms with Crippen LogP contribution in [0.25, 0.3) is 0 Å². The second kappa shape index (κ2) is 6.42. The number of rotatable bonds is 3. The number of aromatic nitrogens is 1. The third kappa shape index (κ3) is 2.93. The summed E-state index contributed by atoms with van der Waals surface area (Å²) in [6.07, 6.45) is 2.01. The molecule has 3 heterocycles. The van der Waals surface area contributed by atoms with E-state index in [0.717, 1.165) is 17.7 Å². The molecule has 0 aliphatic carbocycles. The minimum atomic E-state index is -3.49. The number of carbonyl (C=O) groups excluding carboxylic acids is 1. The molecule has 1 atom stereocenters. The lowest BCUT2D eigenvalue weighted by Gasteiger charge is -2.34. The first-order valence-corrected chi connectivity index (χ1v) is 10.8. The maximum absolute atomic E-state index is 13.2. The first kappa shape index (κ1) is 16.5. The lowest BCUT2D eigenvalue weighted by Crippen LogP contribution is -2.49. The van der Waals surface area contributed by atoms with Crippen molar-refractivity contribution in [2.45, 2.75) is 24.5 Å². The van der Waals surface area contributed by atoms with Gasteiger partial charge in [0.2, 0.25) is 10.0 Å². The van der Waals surface area contributed by atoms with Crippen LogP contribution in [0.15, 0.2) is 35.2 Å². The van der Waals surface area contributed by atoms with Crippen LogP contribution in [0.4, 0.5) is 5.69 Å². The van der Waals surface area contributed by atoms with Gasteiger partial charge in [-0.15, -0.1) is 11.3 Å². The van der Waals surface area contributed by atoms with Gasteiger partial charge >= 0.3 is 0 Å². The van der Waals surface area contributed by atoms with Crippen LogP contribution in [0.3, 0.4) is 0 Å². The number of hydrogen-bond donors (Lipinski definition) is 0. The minimum Gasteiger partial charge on any atom is -0.336 e. The van der Waals surface area contributed by atoms with Crippen LogP contribution in [-0.4, -0.2) is 49.1 Å². The van der Waals surface area contributed by atoms with Crippen molar-refractivity contribution < 1.29 is 13.2 Å². The van der Waals surface area contributed by atoms with Crippen LogP contribution >= 0.6 is 11.3 Å². The van der Waals surface area contributed by atoms with Crippen molar-refractivity contribution in [1.82, 2.24) is 9.88 Å². The number of amides is 1. The highest BCUT2D eigenvalue weighted by Crippen LogP contribution is 2.33. The van der Waals surface area contributed by atoms with Gasteiger partial charge in [-0.05, 0) is 30.9 Å². The number of thiazole rings is 1. The van der Waals surface area contributed by atoms with Crippen molar-refractivity contribution in [2.24, 2.45) is 0 Å². The van der Waals surface area contributed by atoms with Crippen molar-refractivity contribution in [2.75, 3.05) is 23.9 Å². The zero-order chi connectivity index (χ0) is 17.4. The van der Waals surface area contributed by atoms with Gasteiger partial charge in [0.25, 0.3) is 5.91 Å². The van der Waals surface area contributed by atoms with E-state index < -0.39 is 15.3 Å². The van der Waals surface area contributed by atoms with Gasteiger partial charge in [0.1, 0.15) is 5.69 Å². The summed E-state index contributed by atoms with van der Waals surface area (Å²) in [6, 6.07) is 7.64. The normalized spacial score (nSPS) is 20.6. The first-order chi connectivity index (χ1) is 12.1. The molecule has 25 heavy (non-hydrogen) atoms. The molecule has 4 rings (SSSR count). The molecule has 0 radical (unpaired) electrons. The molecule has 0 bridgehead atoms. The summed E-state index contributed by atoms with van der Waals surface area (Å²) in [6.45, 7) is 1.30. The Morgan fingerprint density at radius 1 is 1.24 bits per heavy atom. The fourth-order valence-electron chi connectivity index (χ4n) is 3.60. The second-order valence-electron chi connectivity index (χ2n) is 6.38. The summed E-state index contributed by atoms with van der Waals surface area (Å²) in [4.78, 5) is 18.2. The first-order valence-electron chi connectivity index (χ1n) is 8.34. The van der Waals surface area contributed by atoms with E-state index in [1.54, 1.807) is 15.8 Å². The monoisotopic (exact) mass is 377 g/mol. The van der Waals surface area contributed by atoms with Crippen LogP contribution in [0.5, 0.6) is 0 Å². The Kier molecular flexibility index (Phi) is 4.24. The predicted octanol–water partition coefficient (Wildman–Crippen LogP) is 2.14. The molecule has 0 saturated carbocycles. The van der Waals surface area contributed by atoms with Gasteiger partial charge in [0.05, 0.1) is 16.4 Å². The fraction of sp³-hybridized carbons (Fsp3) is 0.412. The Bertz CT molecular complexity index is 880. The molecule has 2 aliphatic rings. The molecule has 1 aromatic carbocycles. The number of sulfonamides is 1. The molecule has 6 nitrogen and oxygen atoms in total. The Hall–Kier alpha value is -1.93. The van der Waals surface area contributed by atoms with Crippen LogP contribution in [0, 0.1) is 0 Å². The second-order valence-corrected chi connectivity index (χ2v) is 9.24. The van der Waals surface area contributed by atoms with E-state index in [4.69, 9.17) is 0 Å². The summed E-state index contributed by atoms with van der Waals surface area (Å²) in [5.74, 6) is -0.178. The number of anilines is 1. The molecule has 0 unspecified atom stereocenters. The number of carbonyl (C=O) groups is 1. The van der Waals surface area contributed by atoms with Crippen molar-refractivity contribution >= 4 is 33.0 Å². The van der Waals surface area contributed by atoms with E-state index in [9.17, 15) is 13.2 Å². The fourth-order valence-corrected chi connectivity index (χ4v) is 6.11. The topological polar surface area (TPSA) is 70.6 Å². The summed E-state index contributed by atoms with van der Waals surface area (Å²) in [7, 11) is -3.49. The number of likely N-dealkylation sites (tertiary alicyclic amines) is 1. The van der Waals surface area contributed by atoms with E-state index in [0.29, 0.717) is 31.6 Å². The van der Waals surface area contributed by atoms with Gasteiger partial charge < -0.3 is 4.90 Å². The maximum Gasteiger partial charge on any atom is 0.273 e. The zero-order valence-electron chi connectivity index (χ0n) is 13.7. The number of hydrogen-bond acceptors (Lipinski definition) is 5. The number of nitrogens with zero attached hydrogens (tertiary/aromatic N) is 3. The summed E-state index contributed by atoms with van der Waals surface area (Å²) in [5.41, 5.74) is 3.87. The van der Waals surface area contributed by atoms with Crippen molar-refractivity contribution in [3.05, 3.63) is 46.4 Å². The Labute approximate surface area is 151 Å². The van der Waals surface area contributed by atoms with Crippen molar-refractivity contribution in [3.63, 3.8) is 0 Å². The molecule has 1 fully saturated rings. The Morgan fingerprint density at radius 3 is 2.88 bits per heavy atom. The van der Waals surface area contributed by atoms with Gasteiger partial charge in [-0.1, -0.05) is 18.2 Å². The highest BCUT2D eigenvalue weighted by Gasteiger charge is 2.39. The Balaban J connectivity index is 1.56. The largest absolute Gasteiger partial charge is 0.336 e. The third-order valence-electron chi connectivity index (χ3n) is 4.89. The molecule has 0 spiro atoms. The van der Waals surface area contributed by atoms with Crippen LogP contribution in [-0.2, 0) is 16.4 Å². The number of benzene rings is 1. The maximum atomic E-state index is 13.2. The van der Waals surface area contributed by atoms with Crippen LogP contribution in [0.1, 0.15) is 28.9 Å². The highest BCUT2D eigenvalue weighted by atomic mass is 32.2. The molecule has 8 heteroatoms. The van der Waals surface area contributed by atoms with Gasteiger partial charge in [0.15, 0.2) is 0 Å². The van der Waals surface area contributed by atoms with Crippen molar-refractivity contribution in [3.8, 4) is 0 Å². The van der Waals surface area contributed by atoms with Gasteiger partial charge in [-0.25, -0.2) is 13.4 Å². The van der Waals surface area contributed by atoms with Gasteiger partial charge in [-0.2, -0.15) is 0 Å². The summed E-state index contributed by atoms with van der Waals surface area (Å²) in [5, 5.41) is 1.15. The third-order valence-corrected chi connectivity index (χ3v) is 7.70. The van der Waals surface area contributed by atoms with E-state index in [1.807, 2.05) is 24.3 Å². The molecule has 1 saturated heterocycles. The van der Waals surface area contributed by atoms with Crippen LogP contribution in [0.2, 0.25) is 0 Å². The lowest BCUT2D eigenvalue weighted by molar-refractivity contribution is 0.0721. The molecule has 0 N–H and O–H groups in total. The molecule has 1 amide bonds. The molecule has 132 valence electrons. The number of para-hydroxylation sites is 1. The van der Waals surface area contributed by atoms with E-state index in [2.05, 4.69) is 4.98 Å². The van der Waals surface area contributed by atoms with E-state index in [1.165, 1.54) is 15.6 Å². The SMILES string of the molecule is O=C(c1cscn1)N1CCC[C@@H](S(=O)(=O)N2CCc3ccccc32)C1. The minimum absolute atomic E-state index is 0.178. The number of piperidine rings is 1. The summed E-state index contributed by atoms with van der Waals surface area (Å²) < 4.78 is 27.9. The quantitative estimate of drug-likeness (QED) is 0.822. The smallest absolute Gasteiger partial charge is 0.273 e. The van der Waals surface area contributed by atoms with Gasteiger partial charge in [-0.3, -0.25) is 9.10 Å². The van der Waals surface area contributed by atoms with Crippen molar-refractivity contribution in [1.29, 1.82) is 0 Å². The average Bonchev–Trinajstić information content (AvgIpc) is 3.31. The average molecular weight is 377 g/mol. The molecule has 2 aromatic rings. The number of fused-ring (bicyclic) bond motifs is 1. The zero-order valence-corrected chi connectivity index (χ0v) is 15.3. The van der Waals surface area contributed by atoms with Gasteiger partial charge in [0, 0.05) is 25.0 Å². The molecule has 2 aliphatic heterocycles. The Morgan fingerprint density at radius 2 is 2.08 bits per heavy atom. The lowest BCUT2D eigenvalue weighted by atomic mass is 10.1. The van der Waals surface area contributed by atoms with E-state index in [-0.39, 0.29) is 12.5 Å². The molecule has 1 aromatic heterocycles. The standard InChI is InChI=1S/C17H19N3O3S2/c21-17(15-11-24-12-18-15)19-8-3-5-14(10-19)25(22,23)20-9-7-13-4-1-2-6-16(13)20/h1-2,4,6,11-12,14H,3,5,7-10H2/t14-/m1/s1.